The van der Waals surface area contributed by atoms with Gasteiger partial charge in [0.1, 0.15) is 0 Å². The first kappa shape index (κ1) is 19.1. The summed E-state index contributed by atoms with van der Waals surface area (Å²) in [6.45, 7) is 2.07. The molecule has 1 aliphatic carbocycles. The molecule has 30 heavy (non-hydrogen) atoms. The maximum atomic E-state index is 13.2. The highest BCUT2D eigenvalue weighted by Gasteiger charge is 2.38. The number of rotatable bonds is 2. The summed E-state index contributed by atoms with van der Waals surface area (Å²) in [5.74, 6) is 1.12. The molecule has 2 aliphatic heterocycles. The van der Waals surface area contributed by atoms with Crippen LogP contribution in [0.4, 0.5) is 0 Å². The molecular weight excluding hydrogens is 374 g/mol. The molecule has 1 aromatic carbocycles. The van der Waals surface area contributed by atoms with Gasteiger partial charge in [-0.05, 0) is 60.9 Å². The number of nitriles is 1. The number of fused-ring (bicyclic) bond motifs is 4. The van der Waals surface area contributed by atoms with Crippen LogP contribution in [0.1, 0.15) is 77.5 Å². The third-order valence-corrected chi connectivity index (χ3v) is 7.22. The predicted octanol–water partition coefficient (Wildman–Crippen LogP) is 4.03. The molecule has 0 spiro atoms. The Balaban J connectivity index is 1.46. The fourth-order valence-electron chi connectivity index (χ4n) is 5.84. The summed E-state index contributed by atoms with van der Waals surface area (Å²) < 4.78 is 2.02. The summed E-state index contributed by atoms with van der Waals surface area (Å²) in [7, 11) is 0. The molecule has 0 unspecified atom stereocenters. The second-order valence-electron chi connectivity index (χ2n) is 9.16. The molecule has 0 radical (unpaired) electrons. The summed E-state index contributed by atoms with van der Waals surface area (Å²) in [6.07, 6.45) is 7.30. The minimum absolute atomic E-state index is 0.0279. The summed E-state index contributed by atoms with van der Waals surface area (Å²) in [4.78, 5) is 27.8. The molecule has 5 rings (SSSR count). The fraction of sp³-hybridized carbons (Fsp3) is 0.480. The Morgan fingerprint density at radius 2 is 1.70 bits per heavy atom. The van der Waals surface area contributed by atoms with E-state index in [0.717, 1.165) is 6.42 Å². The van der Waals surface area contributed by atoms with Crippen LogP contribution >= 0.6 is 0 Å². The zero-order valence-corrected chi connectivity index (χ0v) is 17.2. The van der Waals surface area contributed by atoms with E-state index in [-0.39, 0.29) is 17.4 Å². The smallest absolute Gasteiger partial charge is 0.253 e. The highest BCUT2D eigenvalue weighted by molar-refractivity contribution is 5.94. The van der Waals surface area contributed by atoms with Gasteiger partial charge < -0.3 is 9.47 Å². The second kappa shape index (κ2) is 7.75. The lowest BCUT2D eigenvalue weighted by molar-refractivity contribution is 0.0592. The van der Waals surface area contributed by atoms with E-state index in [1.54, 1.807) is 30.3 Å². The van der Waals surface area contributed by atoms with E-state index in [4.69, 9.17) is 5.26 Å². The van der Waals surface area contributed by atoms with Crippen LogP contribution in [0.5, 0.6) is 0 Å². The normalized spacial score (nSPS) is 23.5. The minimum Gasteiger partial charge on any atom is -0.338 e. The van der Waals surface area contributed by atoms with Crippen molar-refractivity contribution in [2.24, 2.45) is 5.92 Å². The molecule has 2 fully saturated rings. The Hall–Kier alpha value is -2.87. The highest BCUT2D eigenvalue weighted by atomic mass is 16.2. The van der Waals surface area contributed by atoms with Crippen molar-refractivity contribution in [1.29, 1.82) is 5.26 Å². The van der Waals surface area contributed by atoms with Crippen molar-refractivity contribution in [3.8, 4) is 6.07 Å². The van der Waals surface area contributed by atoms with Gasteiger partial charge in [-0.25, -0.2) is 0 Å². The Morgan fingerprint density at radius 3 is 2.43 bits per heavy atom. The number of piperidine rings is 1. The molecule has 3 aliphatic rings. The van der Waals surface area contributed by atoms with Gasteiger partial charge in [0.25, 0.3) is 11.5 Å². The van der Waals surface area contributed by atoms with Gasteiger partial charge in [0, 0.05) is 42.9 Å². The molecule has 3 heterocycles. The Bertz CT molecular complexity index is 1060. The van der Waals surface area contributed by atoms with Crippen LogP contribution in [0.2, 0.25) is 0 Å². The van der Waals surface area contributed by atoms with Crippen LogP contribution in [-0.4, -0.2) is 28.5 Å². The predicted molar refractivity (Wildman–Crippen MR) is 114 cm³/mol. The van der Waals surface area contributed by atoms with E-state index in [1.165, 1.54) is 43.4 Å². The van der Waals surface area contributed by atoms with Crippen molar-refractivity contribution < 1.29 is 4.79 Å². The van der Waals surface area contributed by atoms with Crippen molar-refractivity contribution in [2.45, 2.75) is 56.9 Å². The van der Waals surface area contributed by atoms with Crippen LogP contribution < -0.4 is 5.56 Å². The Labute approximate surface area is 176 Å². The van der Waals surface area contributed by atoms with Crippen molar-refractivity contribution in [3.63, 3.8) is 0 Å². The molecule has 2 atom stereocenters. The van der Waals surface area contributed by atoms with Gasteiger partial charge in [0.15, 0.2) is 0 Å². The summed E-state index contributed by atoms with van der Waals surface area (Å²) in [5.41, 5.74) is 3.85. The number of benzene rings is 1. The van der Waals surface area contributed by atoms with E-state index in [2.05, 4.69) is 12.1 Å². The molecule has 2 bridgehead atoms. The molecule has 1 saturated carbocycles. The number of hydrogen-bond acceptors (Lipinski definition) is 3. The SMILES string of the molecule is N#Cc1ccc(C(=O)N2C[C@@H]3C[C@H](C2)c2c(C4CCCCC4)ccc(=O)n2C3)cc1. The Morgan fingerprint density at radius 1 is 0.933 bits per heavy atom. The molecule has 0 N–H and O–H groups in total. The van der Waals surface area contributed by atoms with E-state index in [9.17, 15) is 9.59 Å². The number of nitrogens with zero attached hydrogens (tertiary/aromatic N) is 3. The van der Waals surface area contributed by atoms with Crippen molar-refractivity contribution in [1.82, 2.24) is 9.47 Å². The number of carbonyl (C=O) groups is 1. The lowest BCUT2D eigenvalue weighted by atomic mass is 9.76. The number of aromatic nitrogens is 1. The third-order valence-electron chi connectivity index (χ3n) is 7.22. The second-order valence-corrected chi connectivity index (χ2v) is 9.16. The molecule has 1 amide bonds. The van der Waals surface area contributed by atoms with Gasteiger partial charge in [-0.3, -0.25) is 9.59 Å². The van der Waals surface area contributed by atoms with Crippen molar-refractivity contribution in [3.05, 3.63) is 69.1 Å². The summed E-state index contributed by atoms with van der Waals surface area (Å²) >= 11 is 0. The molecule has 1 saturated heterocycles. The van der Waals surface area contributed by atoms with Gasteiger partial charge in [-0.2, -0.15) is 5.26 Å². The van der Waals surface area contributed by atoms with Crippen molar-refractivity contribution >= 4 is 5.91 Å². The molecule has 5 nitrogen and oxygen atoms in total. The van der Waals surface area contributed by atoms with Gasteiger partial charge in [0.05, 0.1) is 11.6 Å². The number of amides is 1. The molecule has 5 heteroatoms. The Kier molecular flexibility index (Phi) is 4.94. The van der Waals surface area contributed by atoms with Crippen molar-refractivity contribution in [2.75, 3.05) is 13.1 Å². The van der Waals surface area contributed by atoms with Gasteiger partial charge in [0.2, 0.25) is 0 Å². The monoisotopic (exact) mass is 401 g/mol. The third kappa shape index (κ3) is 3.35. The standard InChI is InChI=1S/C25H27N3O2/c26-13-17-6-8-20(9-7-17)25(30)27-14-18-12-21(16-27)24-22(19-4-2-1-3-5-19)10-11-23(29)28(24)15-18/h6-11,18-19,21H,1-5,12,14-16H2/t18-,21+/m0/s1. The summed E-state index contributed by atoms with van der Waals surface area (Å²) in [5, 5.41) is 9.00. The number of likely N-dealkylation sites (tertiary alicyclic amines) is 1. The average Bonchev–Trinajstić information content (AvgIpc) is 2.80. The van der Waals surface area contributed by atoms with E-state index in [0.29, 0.717) is 42.6 Å². The average molecular weight is 402 g/mol. The summed E-state index contributed by atoms with van der Waals surface area (Å²) in [6, 6.07) is 12.8. The highest BCUT2D eigenvalue weighted by Crippen LogP contribution is 2.42. The van der Waals surface area contributed by atoms with Crippen LogP contribution in [0, 0.1) is 17.2 Å². The molecule has 2 aromatic rings. The zero-order valence-electron chi connectivity index (χ0n) is 17.2. The van der Waals surface area contributed by atoms with Crippen LogP contribution in [-0.2, 0) is 6.54 Å². The van der Waals surface area contributed by atoms with Gasteiger partial charge in [-0.1, -0.05) is 25.3 Å². The lowest BCUT2D eigenvalue weighted by Gasteiger charge is -2.44. The first-order chi connectivity index (χ1) is 14.6. The molecular formula is C25H27N3O2. The van der Waals surface area contributed by atoms with Gasteiger partial charge in [-0.15, -0.1) is 0 Å². The first-order valence-corrected chi connectivity index (χ1v) is 11.2. The number of pyridine rings is 1. The molecule has 154 valence electrons. The lowest BCUT2D eigenvalue weighted by Crippen LogP contribution is -2.49. The minimum atomic E-state index is 0.0279. The van der Waals surface area contributed by atoms with Gasteiger partial charge >= 0.3 is 0 Å². The number of hydrogen-bond donors (Lipinski definition) is 0. The van der Waals surface area contributed by atoms with Crippen LogP contribution in [0.25, 0.3) is 0 Å². The van der Waals surface area contributed by atoms with E-state index in [1.807, 2.05) is 9.47 Å². The maximum Gasteiger partial charge on any atom is 0.253 e. The maximum absolute atomic E-state index is 13.2. The number of carbonyl (C=O) groups excluding carboxylic acids is 1. The van der Waals surface area contributed by atoms with Crippen LogP contribution in [0.15, 0.2) is 41.2 Å². The largest absolute Gasteiger partial charge is 0.338 e. The van der Waals surface area contributed by atoms with E-state index >= 15 is 0 Å². The van der Waals surface area contributed by atoms with Crippen LogP contribution in [0.3, 0.4) is 0 Å². The van der Waals surface area contributed by atoms with E-state index < -0.39 is 0 Å². The molecule has 1 aromatic heterocycles. The fourth-order valence-corrected chi connectivity index (χ4v) is 5.84. The topological polar surface area (TPSA) is 66.1 Å². The zero-order chi connectivity index (χ0) is 20.7. The first-order valence-electron chi connectivity index (χ1n) is 11.2. The quantitative estimate of drug-likeness (QED) is 0.763.